The second-order valence-corrected chi connectivity index (χ2v) is 6.24. The van der Waals surface area contributed by atoms with E-state index in [0.717, 1.165) is 30.4 Å². The first-order valence-corrected chi connectivity index (χ1v) is 8.27. The van der Waals surface area contributed by atoms with Crippen molar-refractivity contribution in [2.45, 2.75) is 58.3 Å². The molecule has 3 heteroatoms. The lowest BCUT2D eigenvalue weighted by Crippen LogP contribution is -2.15. The molecule has 1 aliphatic carbocycles. The average molecular weight is 296 g/mol. The van der Waals surface area contributed by atoms with Crippen LogP contribution < -0.4 is 4.74 Å². The number of hydrogen-bond acceptors (Lipinski definition) is 1. The van der Waals surface area contributed by atoms with Crippen LogP contribution in [0.1, 0.15) is 58.3 Å². The topological polar surface area (TPSA) is 9.23 Å². The minimum atomic E-state index is -0.846. The van der Waals surface area contributed by atoms with E-state index in [0.29, 0.717) is 12.4 Å². The molecule has 0 radical (unpaired) electrons. The summed E-state index contributed by atoms with van der Waals surface area (Å²) >= 11 is 0. The van der Waals surface area contributed by atoms with Crippen molar-refractivity contribution in [1.29, 1.82) is 0 Å². The van der Waals surface area contributed by atoms with Crippen LogP contribution in [0.15, 0.2) is 18.2 Å². The maximum atomic E-state index is 13.0. The molecular formula is C18H26F2O. The van der Waals surface area contributed by atoms with Gasteiger partial charge in [0.2, 0.25) is 0 Å². The van der Waals surface area contributed by atoms with Crippen molar-refractivity contribution in [3.8, 4) is 5.75 Å². The van der Waals surface area contributed by atoms with Crippen molar-refractivity contribution in [2.24, 2.45) is 11.8 Å². The predicted molar refractivity (Wildman–Crippen MR) is 81.4 cm³/mol. The fourth-order valence-corrected chi connectivity index (χ4v) is 3.35. The van der Waals surface area contributed by atoms with Crippen LogP contribution in [0.25, 0.3) is 0 Å². The third-order valence-corrected chi connectivity index (χ3v) is 4.58. The summed E-state index contributed by atoms with van der Waals surface area (Å²) in [5.74, 6) is 0.518. The van der Waals surface area contributed by atoms with E-state index in [2.05, 4.69) is 6.92 Å². The Balaban J connectivity index is 1.61. The van der Waals surface area contributed by atoms with Crippen LogP contribution in [0.4, 0.5) is 8.78 Å². The Morgan fingerprint density at radius 1 is 1.00 bits per heavy atom. The van der Waals surface area contributed by atoms with Gasteiger partial charge in [0, 0.05) is 6.07 Å². The quantitative estimate of drug-likeness (QED) is 0.584. The molecule has 1 aromatic carbocycles. The molecule has 21 heavy (non-hydrogen) atoms. The normalized spacial score (nSPS) is 22.2. The van der Waals surface area contributed by atoms with Crippen molar-refractivity contribution in [1.82, 2.24) is 0 Å². The SMILES string of the molecule is CCC[C@H]1CC[C@H](CCCOc2ccc(F)c(F)c2)CC1. The Hall–Kier alpha value is -1.12. The van der Waals surface area contributed by atoms with E-state index in [-0.39, 0.29) is 0 Å². The van der Waals surface area contributed by atoms with Crippen LogP contribution in [0.5, 0.6) is 5.75 Å². The van der Waals surface area contributed by atoms with E-state index in [1.54, 1.807) is 0 Å². The molecule has 2 rings (SSSR count). The van der Waals surface area contributed by atoms with E-state index in [1.165, 1.54) is 51.0 Å². The highest BCUT2D eigenvalue weighted by atomic mass is 19.2. The first kappa shape index (κ1) is 16.3. The van der Waals surface area contributed by atoms with E-state index in [9.17, 15) is 8.78 Å². The number of halogens is 2. The predicted octanol–water partition coefficient (Wildman–Crippen LogP) is 5.73. The molecule has 0 saturated heterocycles. The first-order valence-electron chi connectivity index (χ1n) is 8.27. The highest BCUT2D eigenvalue weighted by molar-refractivity contribution is 5.23. The van der Waals surface area contributed by atoms with Crippen molar-refractivity contribution in [2.75, 3.05) is 6.61 Å². The minimum absolute atomic E-state index is 0.417. The Morgan fingerprint density at radius 3 is 2.29 bits per heavy atom. The van der Waals surface area contributed by atoms with Crippen LogP contribution in [0, 0.1) is 23.5 Å². The maximum Gasteiger partial charge on any atom is 0.162 e. The summed E-state index contributed by atoms with van der Waals surface area (Å²) in [5, 5.41) is 0. The summed E-state index contributed by atoms with van der Waals surface area (Å²) in [6.07, 6.45) is 10.3. The standard InChI is InChI=1S/C18H26F2O/c1-2-4-14-6-8-15(9-7-14)5-3-12-21-16-10-11-17(19)18(20)13-16/h10-11,13-15H,2-9,12H2,1H3/t14-,15-. The Morgan fingerprint density at radius 2 is 1.67 bits per heavy atom. The van der Waals surface area contributed by atoms with Gasteiger partial charge in [-0.05, 0) is 36.8 Å². The molecule has 1 saturated carbocycles. The second-order valence-electron chi connectivity index (χ2n) is 6.24. The molecule has 0 spiro atoms. The van der Waals surface area contributed by atoms with Gasteiger partial charge >= 0.3 is 0 Å². The molecule has 1 aromatic rings. The summed E-state index contributed by atoms with van der Waals surface area (Å²) in [6, 6.07) is 3.71. The molecule has 0 N–H and O–H groups in total. The van der Waals surface area contributed by atoms with Gasteiger partial charge in [0.15, 0.2) is 11.6 Å². The molecule has 0 heterocycles. The Bertz CT molecular complexity index is 425. The third kappa shape index (κ3) is 5.29. The van der Waals surface area contributed by atoms with E-state index in [1.807, 2.05) is 0 Å². The van der Waals surface area contributed by atoms with Crippen LogP contribution in [0.2, 0.25) is 0 Å². The van der Waals surface area contributed by atoms with Crippen molar-refractivity contribution < 1.29 is 13.5 Å². The summed E-state index contributed by atoms with van der Waals surface area (Å²) in [5.41, 5.74) is 0. The fraction of sp³-hybridized carbons (Fsp3) is 0.667. The number of ether oxygens (including phenoxy) is 1. The zero-order chi connectivity index (χ0) is 15.1. The molecule has 0 aromatic heterocycles. The van der Waals surface area contributed by atoms with Gasteiger partial charge < -0.3 is 4.74 Å². The zero-order valence-electron chi connectivity index (χ0n) is 12.9. The second kappa shape index (κ2) is 8.35. The fourth-order valence-electron chi connectivity index (χ4n) is 3.35. The molecule has 118 valence electrons. The summed E-state index contributed by atoms with van der Waals surface area (Å²) < 4.78 is 31.3. The Kier molecular flexibility index (Phi) is 6.47. The van der Waals surface area contributed by atoms with Gasteiger partial charge in [-0.2, -0.15) is 0 Å². The highest BCUT2D eigenvalue weighted by Gasteiger charge is 2.20. The van der Waals surface area contributed by atoms with Crippen LogP contribution in [0.3, 0.4) is 0 Å². The third-order valence-electron chi connectivity index (χ3n) is 4.58. The van der Waals surface area contributed by atoms with Gasteiger partial charge in [0.25, 0.3) is 0 Å². The van der Waals surface area contributed by atoms with Gasteiger partial charge in [0.1, 0.15) is 5.75 Å². The summed E-state index contributed by atoms with van der Waals surface area (Å²) in [7, 11) is 0. The van der Waals surface area contributed by atoms with Crippen molar-refractivity contribution in [3.05, 3.63) is 29.8 Å². The molecular weight excluding hydrogens is 270 g/mol. The maximum absolute atomic E-state index is 13.0. The largest absolute Gasteiger partial charge is 0.493 e. The summed E-state index contributed by atoms with van der Waals surface area (Å²) in [6.45, 7) is 2.85. The monoisotopic (exact) mass is 296 g/mol. The zero-order valence-corrected chi connectivity index (χ0v) is 12.9. The first-order chi connectivity index (χ1) is 10.2. The lowest BCUT2D eigenvalue weighted by atomic mass is 9.78. The molecule has 1 nitrogen and oxygen atoms in total. The number of rotatable bonds is 7. The molecule has 0 atom stereocenters. The summed E-state index contributed by atoms with van der Waals surface area (Å²) in [4.78, 5) is 0. The molecule has 1 aliphatic rings. The van der Waals surface area contributed by atoms with Gasteiger partial charge in [-0.3, -0.25) is 0 Å². The molecule has 0 unspecified atom stereocenters. The number of hydrogen-bond donors (Lipinski definition) is 0. The van der Waals surface area contributed by atoms with Crippen LogP contribution in [-0.4, -0.2) is 6.61 Å². The lowest BCUT2D eigenvalue weighted by molar-refractivity contribution is 0.229. The van der Waals surface area contributed by atoms with Crippen LogP contribution in [-0.2, 0) is 0 Å². The van der Waals surface area contributed by atoms with Crippen LogP contribution >= 0.6 is 0 Å². The smallest absolute Gasteiger partial charge is 0.162 e. The van der Waals surface area contributed by atoms with Gasteiger partial charge in [0.05, 0.1) is 6.61 Å². The van der Waals surface area contributed by atoms with E-state index in [4.69, 9.17) is 4.74 Å². The van der Waals surface area contributed by atoms with E-state index >= 15 is 0 Å². The Labute approximate surface area is 126 Å². The minimum Gasteiger partial charge on any atom is -0.493 e. The molecule has 0 aliphatic heterocycles. The van der Waals surface area contributed by atoms with Crippen molar-refractivity contribution in [3.63, 3.8) is 0 Å². The molecule has 0 amide bonds. The lowest BCUT2D eigenvalue weighted by Gasteiger charge is -2.28. The molecule has 0 bridgehead atoms. The van der Waals surface area contributed by atoms with Gasteiger partial charge in [-0.1, -0.05) is 45.4 Å². The molecule has 1 fully saturated rings. The van der Waals surface area contributed by atoms with Gasteiger partial charge in [-0.25, -0.2) is 8.78 Å². The van der Waals surface area contributed by atoms with Crippen molar-refractivity contribution >= 4 is 0 Å². The number of benzene rings is 1. The average Bonchev–Trinajstić information content (AvgIpc) is 2.49. The van der Waals surface area contributed by atoms with E-state index < -0.39 is 11.6 Å². The highest BCUT2D eigenvalue weighted by Crippen LogP contribution is 2.33. The van der Waals surface area contributed by atoms with Gasteiger partial charge in [-0.15, -0.1) is 0 Å².